The minimum absolute atomic E-state index is 0.251. The number of aliphatic hydroxyl groups excluding tert-OH is 2. The lowest BCUT2D eigenvalue weighted by Gasteiger charge is -2.22. The standard InChI is InChI=1S/C39H75NO6S/c1-3-5-7-9-11-13-15-17-18-19-20-21-22-24-25-27-29-31-33-37(41)36(35-47(44,45)46)40-39(43)38(42)34-32-30-28-26-23-16-14-12-10-8-6-4-2/h23,26,31,33,36-38,41-42H,3-22,24-25,27-30,32,34-35H2,1-2H3,(H,40,43)(H,44,45,46)/b26-23-,33-31+. The molecule has 47 heavy (non-hydrogen) atoms. The van der Waals surface area contributed by atoms with Crippen LogP contribution in [-0.2, 0) is 14.9 Å². The summed E-state index contributed by atoms with van der Waals surface area (Å²) in [5.41, 5.74) is 0. The van der Waals surface area contributed by atoms with E-state index in [1.165, 1.54) is 134 Å². The largest absolute Gasteiger partial charge is 0.387 e. The molecule has 0 aromatic rings. The highest BCUT2D eigenvalue weighted by Gasteiger charge is 2.27. The zero-order chi connectivity index (χ0) is 34.9. The zero-order valence-electron chi connectivity index (χ0n) is 30.5. The van der Waals surface area contributed by atoms with Gasteiger partial charge in [0, 0.05) is 0 Å². The smallest absolute Gasteiger partial charge is 0.267 e. The third kappa shape index (κ3) is 33.1. The lowest BCUT2D eigenvalue weighted by atomic mass is 10.0. The van der Waals surface area contributed by atoms with Gasteiger partial charge in [0.15, 0.2) is 0 Å². The molecule has 0 aliphatic heterocycles. The Labute approximate surface area is 290 Å². The van der Waals surface area contributed by atoms with Crippen LogP contribution < -0.4 is 5.32 Å². The average Bonchev–Trinajstić information content (AvgIpc) is 3.03. The summed E-state index contributed by atoms with van der Waals surface area (Å²) >= 11 is 0. The minimum Gasteiger partial charge on any atom is -0.387 e. The van der Waals surface area contributed by atoms with Gasteiger partial charge in [0.1, 0.15) is 6.10 Å². The van der Waals surface area contributed by atoms with E-state index < -0.39 is 40.0 Å². The molecule has 0 aliphatic carbocycles. The summed E-state index contributed by atoms with van der Waals surface area (Å²) in [5.74, 6) is -1.55. The molecule has 0 fully saturated rings. The molecule has 7 nitrogen and oxygen atoms in total. The Morgan fingerprint density at radius 3 is 1.34 bits per heavy atom. The molecule has 0 saturated carbocycles. The van der Waals surface area contributed by atoms with Gasteiger partial charge in [-0.2, -0.15) is 8.42 Å². The second kappa shape index (κ2) is 33.3. The van der Waals surface area contributed by atoms with Gasteiger partial charge < -0.3 is 15.5 Å². The molecule has 4 N–H and O–H groups in total. The van der Waals surface area contributed by atoms with Crippen molar-refractivity contribution in [2.75, 3.05) is 5.75 Å². The fraction of sp³-hybridized carbons (Fsp3) is 0.872. The maximum absolute atomic E-state index is 12.5. The molecule has 0 spiro atoms. The van der Waals surface area contributed by atoms with Crippen molar-refractivity contribution in [2.24, 2.45) is 0 Å². The van der Waals surface area contributed by atoms with Crippen LogP contribution in [0.25, 0.3) is 0 Å². The Bertz CT molecular complexity index is 860. The molecule has 0 heterocycles. The van der Waals surface area contributed by atoms with Gasteiger partial charge in [0.05, 0.1) is 17.9 Å². The average molecular weight is 686 g/mol. The van der Waals surface area contributed by atoms with E-state index >= 15 is 0 Å². The van der Waals surface area contributed by atoms with Crippen LogP contribution in [-0.4, -0.2) is 53.1 Å². The third-order valence-corrected chi connectivity index (χ3v) is 9.76. The lowest BCUT2D eigenvalue weighted by Crippen LogP contribution is -2.50. The number of unbranched alkanes of at least 4 members (excludes halogenated alkanes) is 24. The van der Waals surface area contributed by atoms with Crippen LogP contribution in [0.4, 0.5) is 0 Å². The number of amides is 1. The summed E-state index contributed by atoms with van der Waals surface area (Å²) in [4.78, 5) is 12.5. The Morgan fingerprint density at radius 2 is 0.936 bits per heavy atom. The van der Waals surface area contributed by atoms with Crippen LogP contribution in [0.3, 0.4) is 0 Å². The molecule has 278 valence electrons. The van der Waals surface area contributed by atoms with Crippen molar-refractivity contribution in [1.29, 1.82) is 0 Å². The van der Waals surface area contributed by atoms with Gasteiger partial charge in [-0.25, -0.2) is 0 Å². The van der Waals surface area contributed by atoms with Gasteiger partial charge in [0.25, 0.3) is 10.1 Å². The highest BCUT2D eigenvalue weighted by atomic mass is 32.2. The Balaban J connectivity index is 4.08. The summed E-state index contributed by atoms with van der Waals surface area (Å²) in [6.07, 6.45) is 38.1. The Hall–Kier alpha value is -1.22. The van der Waals surface area contributed by atoms with E-state index in [-0.39, 0.29) is 6.42 Å². The van der Waals surface area contributed by atoms with Crippen LogP contribution in [0, 0.1) is 0 Å². The van der Waals surface area contributed by atoms with Crippen molar-refractivity contribution < 1.29 is 28.0 Å². The zero-order valence-corrected chi connectivity index (χ0v) is 31.3. The number of hydrogen-bond acceptors (Lipinski definition) is 5. The Kier molecular flexibility index (Phi) is 32.4. The topological polar surface area (TPSA) is 124 Å². The van der Waals surface area contributed by atoms with Gasteiger partial charge >= 0.3 is 0 Å². The lowest BCUT2D eigenvalue weighted by molar-refractivity contribution is -0.130. The summed E-state index contributed by atoms with van der Waals surface area (Å²) in [7, 11) is -4.44. The predicted molar refractivity (Wildman–Crippen MR) is 199 cm³/mol. The molecule has 3 unspecified atom stereocenters. The van der Waals surface area contributed by atoms with Gasteiger partial charge in [-0.15, -0.1) is 0 Å². The molecule has 0 radical (unpaired) electrons. The fourth-order valence-electron chi connectivity index (χ4n) is 5.92. The van der Waals surface area contributed by atoms with Crippen molar-refractivity contribution in [3.63, 3.8) is 0 Å². The molecule has 8 heteroatoms. The highest BCUT2D eigenvalue weighted by molar-refractivity contribution is 7.85. The number of rotatable bonds is 35. The summed E-state index contributed by atoms with van der Waals surface area (Å²) in [6.45, 7) is 4.49. The molecule has 0 aliphatic rings. The summed E-state index contributed by atoms with van der Waals surface area (Å²) < 4.78 is 32.4. The van der Waals surface area contributed by atoms with E-state index in [1.807, 2.05) is 0 Å². The molecule has 0 aromatic carbocycles. The maximum atomic E-state index is 12.5. The number of hydrogen-bond donors (Lipinski definition) is 4. The number of allylic oxidation sites excluding steroid dienone is 3. The molecular formula is C39H75NO6S. The van der Waals surface area contributed by atoms with Gasteiger partial charge in [-0.1, -0.05) is 173 Å². The van der Waals surface area contributed by atoms with Crippen molar-refractivity contribution in [3.8, 4) is 0 Å². The molecule has 0 rings (SSSR count). The first-order chi connectivity index (χ1) is 22.7. The van der Waals surface area contributed by atoms with Gasteiger partial charge in [-0.3, -0.25) is 9.35 Å². The minimum atomic E-state index is -4.44. The second-order valence-electron chi connectivity index (χ2n) is 13.7. The van der Waals surface area contributed by atoms with E-state index in [4.69, 9.17) is 0 Å². The van der Waals surface area contributed by atoms with Crippen LogP contribution in [0.1, 0.15) is 194 Å². The predicted octanol–water partition coefficient (Wildman–Crippen LogP) is 10.2. The Morgan fingerprint density at radius 1 is 0.574 bits per heavy atom. The molecule has 0 saturated heterocycles. The van der Waals surface area contributed by atoms with Crippen LogP contribution in [0.2, 0.25) is 0 Å². The quantitative estimate of drug-likeness (QED) is 0.0299. The van der Waals surface area contributed by atoms with Crippen LogP contribution >= 0.6 is 0 Å². The first kappa shape index (κ1) is 45.8. The van der Waals surface area contributed by atoms with E-state index in [1.54, 1.807) is 6.08 Å². The SMILES string of the molecule is CCCCCCCC/C=C\CCCCC(O)C(=O)NC(CS(=O)(=O)O)C(O)/C=C/CCCCCCCCCCCCCCCCCC. The third-order valence-electron chi connectivity index (χ3n) is 8.98. The molecule has 3 atom stereocenters. The van der Waals surface area contributed by atoms with Crippen molar-refractivity contribution in [2.45, 2.75) is 212 Å². The van der Waals surface area contributed by atoms with Crippen molar-refractivity contribution in [1.82, 2.24) is 5.32 Å². The number of aliphatic hydroxyl groups is 2. The molecule has 0 aromatic heterocycles. The maximum Gasteiger partial charge on any atom is 0.267 e. The van der Waals surface area contributed by atoms with Crippen molar-refractivity contribution >= 4 is 16.0 Å². The van der Waals surface area contributed by atoms with E-state index in [9.17, 15) is 28.0 Å². The second-order valence-corrected chi connectivity index (χ2v) is 15.2. The fourth-order valence-corrected chi connectivity index (χ4v) is 6.66. The van der Waals surface area contributed by atoms with Crippen LogP contribution in [0.15, 0.2) is 24.3 Å². The highest BCUT2D eigenvalue weighted by Crippen LogP contribution is 2.15. The number of carbonyl (C=O) groups is 1. The van der Waals surface area contributed by atoms with E-state index in [0.29, 0.717) is 6.42 Å². The normalized spacial score (nSPS) is 14.2. The molecule has 0 bridgehead atoms. The number of nitrogens with one attached hydrogen (secondary N) is 1. The van der Waals surface area contributed by atoms with E-state index in [0.717, 1.165) is 38.5 Å². The van der Waals surface area contributed by atoms with Gasteiger partial charge in [0.2, 0.25) is 5.91 Å². The van der Waals surface area contributed by atoms with Gasteiger partial charge in [-0.05, 0) is 44.9 Å². The monoisotopic (exact) mass is 686 g/mol. The molecule has 1 amide bonds. The molecular weight excluding hydrogens is 610 g/mol. The van der Waals surface area contributed by atoms with Crippen molar-refractivity contribution in [3.05, 3.63) is 24.3 Å². The van der Waals surface area contributed by atoms with Crippen LogP contribution in [0.5, 0.6) is 0 Å². The number of carbonyl (C=O) groups excluding carboxylic acids is 1. The first-order valence-electron chi connectivity index (χ1n) is 19.6. The first-order valence-corrected chi connectivity index (χ1v) is 21.3. The summed E-state index contributed by atoms with van der Waals surface area (Å²) in [6, 6.07) is -1.24. The summed E-state index contributed by atoms with van der Waals surface area (Å²) in [5, 5.41) is 23.3. The van der Waals surface area contributed by atoms with E-state index in [2.05, 4.69) is 31.3 Å².